The minimum atomic E-state index is 0.0461. The van der Waals surface area contributed by atoms with Crippen LogP contribution < -0.4 is 0 Å². The molecule has 1 aliphatic carbocycles. The average Bonchev–Trinajstić information content (AvgIpc) is 2.62. The minimum absolute atomic E-state index is 0.0461. The molecule has 3 unspecified atom stereocenters. The van der Waals surface area contributed by atoms with Crippen molar-refractivity contribution in [3.05, 3.63) is 0 Å². The summed E-state index contributed by atoms with van der Waals surface area (Å²) in [5.74, 6) is 1.51. The molecule has 0 bridgehead atoms. The van der Waals surface area contributed by atoms with Gasteiger partial charge in [-0.05, 0) is 38.0 Å². The number of fused-ring (bicyclic) bond motifs is 1. The fourth-order valence-electron chi connectivity index (χ4n) is 3.33. The molecule has 15 heavy (non-hydrogen) atoms. The monoisotopic (exact) mass is 322 g/mol. The number of ketones is 1. The maximum Gasteiger partial charge on any atom is 0.130 e. The van der Waals surface area contributed by atoms with Crippen molar-refractivity contribution in [1.29, 1.82) is 0 Å². The fourth-order valence-corrected chi connectivity index (χ4v) is 4.79. The number of carbonyl (C=O) groups excluding carboxylic acids is 1. The lowest BCUT2D eigenvalue weighted by atomic mass is 9.68. The topological polar surface area (TPSA) is 26.3 Å². The van der Waals surface area contributed by atoms with Gasteiger partial charge in [-0.1, -0.05) is 29.0 Å². The molecule has 0 amide bonds. The molecular weight excluding hydrogens is 303 g/mol. The van der Waals surface area contributed by atoms with Gasteiger partial charge in [0.15, 0.2) is 0 Å². The predicted octanol–water partition coefficient (Wildman–Crippen LogP) is 2.98. The van der Waals surface area contributed by atoms with Gasteiger partial charge in [0.1, 0.15) is 5.78 Å². The molecule has 1 saturated heterocycles. The van der Waals surface area contributed by atoms with Crippen LogP contribution in [0, 0.1) is 11.8 Å². The maximum atomic E-state index is 11.3. The second-order valence-corrected chi connectivity index (χ2v) is 5.72. The van der Waals surface area contributed by atoms with Crippen LogP contribution in [0.2, 0.25) is 0 Å². The van der Waals surface area contributed by atoms with E-state index in [-0.39, 0.29) is 5.60 Å². The molecule has 3 atom stereocenters. The molecule has 0 radical (unpaired) electrons. The maximum absolute atomic E-state index is 11.3. The number of hydrogen-bond acceptors (Lipinski definition) is 2. The first kappa shape index (κ1) is 11.8. The van der Waals surface area contributed by atoms with E-state index in [4.69, 9.17) is 4.74 Å². The SMILES string of the molecule is CC(=O)CC1CCCC2CCOC21CI. The molecule has 2 rings (SSSR count). The van der Waals surface area contributed by atoms with Crippen LogP contribution in [0.1, 0.15) is 39.0 Å². The van der Waals surface area contributed by atoms with E-state index in [1.54, 1.807) is 6.92 Å². The van der Waals surface area contributed by atoms with Crippen molar-refractivity contribution in [3.63, 3.8) is 0 Å². The van der Waals surface area contributed by atoms with E-state index < -0.39 is 0 Å². The number of Topliss-reactive ketones (excluding diaryl/α,β-unsaturated/α-hetero) is 1. The highest BCUT2D eigenvalue weighted by molar-refractivity contribution is 14.1. The summed E-state index contributed by atoms with van der Waals surface area (Å²) in [7, 11) is 0. The van der Waals surface area contributed by atoms with Gasteiger partial charge in [0.05, 0.1) is 5.60 Å². The number of hydrogen-bond donors (Lipinski definition) is 0. The molecule has 2 nitrogen and oxygen atoms in total. The Hall–Kier alpha value is 0.360. The van der Waals surface area contributed by atoms with Crippen molar-refractivity contribution in [1.82, 2.24) is 0 Å². The Kier molecular flexibility index (Phi) is 3.71. The Labute approximate surface area is 105 Å². The molecule has 1 saturated carbocycles. The summed E-state index contributed by atoms with van der Waals surface area (Å²) in [5.41, 5.74) is 0.0461. The molecule has 2 fully saturated rings. The lowest BCUT2D eigenvalue weighted by molar-refractivity contribution is -0.123. The van der Waals surface area contributed by atoms with E-state index in [2.05, 4.69) is 22.6 Å². The molecule has 1 aliphatic heterocycles. The van der Waals surface area contributed by atoms with E-state index in [1.165, 1.54) is 25.7 Å². The van der Waals surface area contributed by atoms with Gasteiger partial charge in [-0.15, -0.1) is 0 Å². The van der Waals surface area contributed by atoms with Crippen molar-refractivity contribution in [3.8, 4) is 0 Å². The van der Waals surface area contributed by atoms with Gasteiger partial charge in [-0.25, -0.2) is 0 Å². The van der Waals surface area contributed by atoms with Crippen LogP contribution in [-0.4, -0.2) is 22.4 Å². The summed E-state index contributed by atoms with van der Waals surface area (Å²) >= 11 is 2.44. The molecule has 2 aliphatic rings. The summed E-state index contributed by atoms with van der Waals surface area (Å²) in [6.45, 7) is 2.61. The second kappa shape index (κ2) is 4.70. The Morgan fingerprint density at radius 3 is 2.93 bits per heavy atom. The Bertz CT molecular complexity index is 254. The summed E-state index contributed by atoms with van der Waals surface area (Å²) in [6.07, 6.45) is 5.69. The Morgan fingerprint density at radius 1 is 1.47 bits per heavy atom. The van der Waals surface area contributed by atoms with E-state index in [0.717, 1.165) is 17.5 Å². The Morgan fingerprint density at radius 2 is 2.27 bits per heavy atom. The lowest BCUT2D eigenvalue weighted by Gasteiger charge is -2.43. The fraction of sp³-hybridized carbons (Fsp3) is 0.917. The average molecular weight is 322 g/mol. The molecule has 3 heteroatoms. The van der Waals surface area contributed by atoms with Crippen molar-refractivity contribution in [2.24, 2.45) is 11.8 Å². The zero-order valence-corrected chi connectivity index (χ0v) is 11.5. The second-order valence-electron chi connectivity index (χ2n) is 4.96. The van der Waals surface area contributed by atoms with Gasteiger partial charge in [-0.2, -0.15) is 0 Å². The first-order chi connectivity index (χ1) is 7.19. The number of alkyl halides is 1. The zero-order valence-electron chi connectivity index (χ0n) is 9.30. The zero-order chi connectivity index (χ0) is 10.9. The predicted molar refractivity (Wildman–Crippen MR) is 68.3 cm³/mol. The molecule has 86 valence electrons. The third-order valence-corrected chi connectivity index (χ3v) is 5.26. The molecule has 0 spiro atoms. The number of rotatable bonds is 3. The number of halogens is 1. The van der Waals surface area contributed by atoms with E-state index in [1.807, 2.05) is 0 Å². The standard InChI is InChI=1S/C12H19IO2/c1-9(14)7-11-4-2-3-10-5-6-15-12(10,11)8-13/h10-11H,2-8H2,1H3. The van der Waals surface area contributed by atoms with Crippen LogP contribution in [0.3, 0.4) is 0 Å². The van der Waals surface area contributed by atoms with Crippen LogP contribution in [0.25, 0.3) is 0 Å². The lowest BCUT2D eigenvalue weighted by Crippen LogP contribution is -2.48. The van der Waals surface area contributed by atoms with Gasteiger partial charge in [-0.3, -0.25) is 0 Å². The van der Waals surface area contributed by atoms with Gasteiger partial charge < -0.3 is 9.53 Å². The van der Waals surface area contributed by atoms with Gasteiger partial charge >= 0.3 is 0 Å². The Balaban J connectivity index is 2.16. The largest absolute Gasteiger partial charge is 0.374 e. The van der Waals surface area contributed by atoms with Gasteiger partial charge in [0.25, 0.3) is 0 Å². The number of carbonyl (C=O) groups is 1. The van der Waals surface area contributed by atoms with Gasteiger partial charge in [0, 0.05) is 17.5 Å². The quantitative estimate of drug-likeness (QED) is 0.590. The normalized spacial score (nSPS) is 40.1. The van der Waals surface area contributed by atoms with E-state index in [0.29, 0.717) is 17.6 Å². The van der Waals surface area contributed by atoms with Crippen LogP contribution in [0.4, 0.5) is 0 Å². The highest BCUT2D eigenvalue weighted by atomic mass is 127. The van der Waals surface area contributed by atoms with E-state index in [9.17, 15) is 4.79 Å². The first-order valence-electron chi connectivity index (χ1n) is 5.88. The smallest absolute Gasteiger partial charge is 0.130 e. The summed E-state index contributed by atoms with van der Waals surface area (Å²) in [6, 6.07) is 0. The van der Waals surface area contributed by atoms with Crippen LogP contribution in [0.5, 0.6) is 0 Å². The minimum Gasteiger partial charge on any atom is -0.374 e. The first-order valence-corrected chi connectivity index (χ1v) is 7.41. The van der Waals surface area contributed by atoms with Crippen molar-refractivity contribution in [2.45, 2.75) is 44.6 Å². The van der Waals surface area contributed by atoms with E-state index >= 15 is 0 Å². The molecule has 0 aromatic heterocycles. The van der Waals surface area contributed by atoms with Crippen molar-refractivity contribution in [2.75, 3.05) is 11.0 Å². The number of ether oxygens (including phenoxy) is 1. The van der Waals surface area contributed by atoms with Crippen LogP contribution >= 0.6 is 22.6 Å². The van der Waals surface area contributed by atoms with Crippen molar-refractivity contribution >= 4 is 28.4 Å². The van der Waals surface area contributed by atoms with Gasteiger partial charge in [0.2, 0.25) is 0 Å². The molecular formula is C12H19IO2. The molecule has 0 N–H and O–H groups in total. The van der Waals surface area contributed by atoms with Crippen LogP contribution in [-0.2, 0) is 9.53 Å². The highest BCUT2D eigenvalue weighted by Gasteiger charge is 2.50. The highest BCUT2D eigenvalue weighted by Crippen LogP contribution is 2.49. The summed E-state index contributed by atoms with van der Waals surface area (Å²) in [5, 5.41) is 0. The van der Waals surface area contributed by atoms with Crippen LogP contribution in [0.15, 0.2) is 0 Å². The molecule has 1 heterocycles. The third kappa shape index (κ3) is 2.09. The molecule has 0 aromatic carbocycles. The third-order valence-electron chi connectivity index (χ3n) is 4.07. The summed E-state index contributed by atoms with van der Waals surface area (Å²) < 4.78 is 7.10. The summed E-state index contributed by atoms with van der Waals surface area (Å²) in [4.78, 5) is 11.3. The van der Waals surface area contributed by atoms with Crippen molar-refractivity contribution < 1.29 is 9.53 Å². The molecule has 0 aromatic rings.